The van der Waals surface area contributed by atoms with Crippen LogP contribution in [0.2, 0.25) is 0 Å². The van der Waals surface area contributed by atoms with Gasteiger partial charge in [-0.15, -0.1) is 0 Å². The van der Waals surface area contributed by atoms with Crippen LogP contribution in [-0.2, 0) is 0 Å². The highest BCUT2D eigenvalue weighted by Crippen LogP contribution is 2.31. The Bertz CT molecular complexity index is 201. The molecule has 1 nitrogen and oxygen atoms in total. The molecule has 1 atom stereocenters. The first-order chi connectivity index (χ1) is 4.86. The van der Waals surface area contributed by atoms with Crippen molar-refractivity contribution in [3.05, 3.63) is 23.4 Å². The molecule has 0 radical (unpaired) electrons. The average Bonchev–Trinajstić information content (AvgIpc) is 2.33. The van der Waals surface area contributed by atoms with Crippen molar-refractivity contribution in [1.29, 1.82) is 0 Å². The summed E-state index contributed by atoms with van der Waals surface area (Å²) in [6.07, 6.45) is 8.48. The van der Waals surface area contributed by atoms with Crippen molar-refractivity contribution in [2.45, 2.75) is 32.2 Å². The van der Waals surface area contributed by atoms with Crippen LogP contribution in [0.15, 0.2) is 23.4 Å². The fourth-order valence-electron chi connectivity index (χ4n) is 1.73. The van der Waals surface area contributed by atoms with Gasteiger partial charge in [0.05, 0.1) is 0 Å². The normalized spacial score (nSPS) is 30.3. The summed E-state index contributed by atoms with van der Waals surface area (Å²) < 4.78 is 0. The minimum Gasteiger partial charge on any atom is -0.385 e. The number of hydrogen-bond donors (Lipinski definition) is 1. The fraction of sp³-hybridized carbons (Fsp3) is 0.556. The first kappa shape index (κ1) is 6.02. The lowest BCUT2D eigenvalue weighted by atomic mass is 10.1. The number of allylic oxidation sites excluding steroid dienone is 2. The summed E-state index contributed by atoms with van der Waals surface area (Å²) in [5.41, 5.74) is 3.13. The molecule has 1 heterocycles. The Labute approximate surface area is 61.8 Å². The van der Waals surface area contributed by atoms with Gasteiger partial charge in [0, 0.05) is 12.2 Å². The van der Waals surface area contributed by atoms with E-state index >= 15 is 0 Å². The molecule has 2 rings (SSSR count). The van der Waals surface area contributed by atoms with Gasteiger partial charge in [-0.2, -0.15) is 0 Å². The summed E-state index contributed by atoms with van der Waals surface area (Å²) in [5.74, 6) is 0. The molecule has 0 bridgehead atoms. The largest absolute Gasteiger partial charge is 0.385 e. The van der Waals surface area contributed by atoms with Crippen LogP contribution >= 0.6 is 0 Å². The van der Waals surface area contributed by atoms with Crippen LogP contribution < -0.4 is 5.32 Å². The number of hydrogen-bond acceptors (Lipinski definition) is 1. The maximum Gasteiger partial charge on any atom is 0.0416 e. The quantitative estimate of drug-likeness (QED) is 0.535. The van der Waals surface area contributed by atoms with Crippen molar-refractivity contribution >= 4 is 0 Å². The second-order valence-electron chi connectivity index (χ2n) is 3.17. The number of dihydropyridines is 1. The number of fused-ring (bicyclic) bond motifs is 1. The van der Waals surface area contributed by atoms with Crippen molar-refractivity contribution < 1.29 is 0 Å². The van der Waals surface area contributed by atoms with E-state index < -0.39 is 0 Å². The molecule has 1 heteroatoms. The molecular formula is C9H13N. The summed E-state index contributed by atoms with van der Waals surface area (Å²) in [5, 5.41) is 3.31. The molecule has 1 saturated carbocycles. The minimum absolute atomic E-state index is 0.553. The molecule has 1 N–H and O–H groups in total. The number of rotatable bonds is 0. The topological polar surface area (TPSA) is 12.0 Å². The monoisotopic (exact) mass is 135 g/mol. The molecule has 0 saturated heterocycles. The maximum absolute atomic E-state index is 3.31. The Kier molecular flexibility index (Phi) is 1.30. The lowest BCUT2D eigenvalue weighted by Crippen LogP contribution is -2.21. The highest BCUT2D eigenvalue weighted by atomic mass is 14.9. The first-order valence-electron chi connectivity index (χ1n) is 4.02. The highest BCUT2D eigenvalue weighted by Gasteiger charge is 2.16. The van der Waals surface area contributed by atoms with E-state index in [9.17, 15) is 0 Å². The molecular weight excluding hydrogens is 122 g/mol. The Morgan fingerprint density at radius 1 is 1.40 bits per heavy atom. The lowest BCUT2D eigenvalue weighted by Gasteiger charge is -2.15. The molecule has 0 aromatic rings. The zero-order chi connectivity index (χ0) is 6.97. The van der Waals surface area contributed by atoms with Crippen LogP contribution in [0.5, 0.6) is 0 Å². The van der Waals surface area contributed by atoms with Gasteiger partial charge in [-0.25, -0.2) is 0 Å². The van der Waals surface area contributed by atoms with Crippen LogP contribution in [0.25, 0.3) is 0 Å². The average molecular weight is 135 g/mol. The molecule has 0 aromatic heterocycles. The molecule has 2 aliphatic rings. The van der Waals surface area contributed by atoms with E-state index in [4.69, 9.17) is 0 Å². The Morgan fingerprint density at radius 3 is 3.10 bits per heavy atom. The van der Waals surface area contributed by atoms with Crippen molar-refractivity contribution in [2.75, 3.05) is 0 Å². The van der Waals surface area contributed by atoms with E-state index in [0.717, 1.165) is 0 Å². The van der Waals surface area contributed by atoms with E-state index in [1.807, 2.05) is 0 Å². The van der Waals surface area contributed by atoms with E-state index in [1.54, 1.807) is 5.57 Å². The van der Waals surface area contributed by atoms with Crippen molar-refractivity contribution in [3.8, 4) is 0 Å². The molecule has 1 aliphatic carbocycles. The standard InChI is InChI=1S/C9H13N/c1-7-5-8-3-2-4-9(8)6-10-7/h5-7,10H,2-4H2,1H3. The zero-order valence-electron chi connectivity index (χ0n) is 6.35. The van der Waals surface area contributed by atoms with E-state index in [-0.39, 0.29) is 0 Å². The van der Waals surface area contributed by atoms with Crippen molar-refractivity contribution in [3.63, 3.8) is 0 Å². The van der Waals surface area contributed by atoms with Gasteiger partial charge >= 0.3 is 0 Å². The van der Waals surface area contributed by atoms with Gasteiger partial charge in [0.1, 0.15) is 0 Å². The highest BCUT2D eigenvalue weighted by molar-refractivity contribution is 5.37. The van der Waals surface area contributed by atoms with Gasteiger partial charge in [-0.1, -0.05) is 6.08 Å². The summed E-state index contributed by atoms with van der Waals surface area (Å²) >= 11 is 0. The van der Waals surface area contributed by atoms with Crippen LogP contribution in [0, 0.1) is 0 Å². The van der Waals surface area contributed by atoms with Crippen molar-refractivity contribution in [1.82, 2.24) is 5.32 Å². The summed E-state index contributed by atoms with van der Waals surface area (Å²) in [4.78, 5) is 0. The minimum atomic E-state index is 0.553. The first-order valence-corrected chi connectivity index (χ1v) is 4.02. The fourth-order valence-corrected chi connectivity index (χ4v) is 1.73. The summed E-state index contributed by atoms with van der Waals surface area (Å²) in [6.45, 7) is 2.19. The van der Waals surface area contributed by atoms with Gasteiger partial charge in [0.15, 0.2) is 0 Å². The van der Waals surface area contributed by atoms with Gasteiger partial charge in [-0.05, 0) is 37.3 Å². The zero-order valence-corrected chi connectivity index (χ0v) is 6.35. The van der Waals surface area contributed by atoms with E-state index in [1.165, 1.54) is 24.8 Å². The lowest BCUT2D eigenvalue weighted by molar-refractivity contribution is 0.744. The van der Waals surface area contributed by atoms with Gasteiger partial charge < -0.3 is 5.32 Å². The third-order valence-corrected chi connectivity index (χ3v) is 2.28. The van der Waals surface area contributed by atoms with Crippen LogP contribution in [0.1, 0.15) is 26.2 Å². The third kappa shape index (κ3) is 0.859. The van der Waals surface area contributed by atoms with Gasteiger partial charge in [-0.3, -0.25) is 0 Å². The van der Waals surface area contributed by atoms with E-state index in [2.05, 4.69) is 24.5 Å². The van der Waals surface area contributed by atoms with Gasteiger partial charge in [0.2, 0.25) is 0 Å². The Hall–Kier alpha value is -0.720. The third-order valence-electron chi connectivity index (χ3n) is 2.28. The summed E-state index contributed by atoms with van der Waals surface area (Å²) in [6, 6.07) is 0.553. The molecule has 0 spiro atoms. The number of nitrogens with one attached hydrogen (secondary N) is 1. The molecule has 54 valence electrons. The molecule has 1 unspecified atom stereocenters. The molecule has 1 aliphatic heterocycles. The van der Waals surface area contributed by atoms with Crippen LogP contribution in [0.4, 0.5) is 0 Å². The molecule has 0 aromatic carbocycles. The second-order valence-corrected chi connectivity index (χ2v) is 3.17. The van der Waals surface area contributed by atoms with Crippen LogP contribution in [0.3, 0.4) is 0 Å². The van der Waals surface area contributed by atoms with Gasteiger partial charge in [0.25, 0.3) is 0 Å². The molecule has 10 heavy (non-hydrogen) atoms. The second kappa shape index (κ2) is 2.15. The van der Waals surface area contributed by atoms with Crippen LogP contribution in [-0.4, -0.2) is 6.04 Å². The predicted octanol–water partition coefficient (Wildman–Crippen LogP) is 1.97. The van der Waals surface area contributed by atoms with Crippen molar-refractivity contribution in [2.24, 2.45) is 0 Å². The summed E-state index contributed by atoms with van der Waals surface area (Å²) in [7, 11) is 0. The smallest absolute Gasteiger partial charge is 0.0416 e. The molecule has 0 amide bonds. The Balaban J connectivity index is 2.27. The SMILES string of the molecule is CC1C=C2CCCC2=CN1. The van der Waals surface area contributed by atoms with E-state index in [0.29, 0.717) is 6.04 Å². The maximum atomic E-state index is 3.31. The Morgan fingerprint density at radius 2 is 2.20 bits per heavy atom. The predicted molar refractivity (Wildman–Crippen MR) is 42.6 cm³/mol. The molecule has 1 fully saturated rings.